The maximum absolute atomic E-state index is 13.9. The van der Waals surface area contributed by atoms with E-state index in [9.17, 15) is 4.79 Å². The smallest absolute Gasteiger partial charge is 0.261 e. The third-order valence-corrected chi connectivity index (χ3v) is 7.59. The van der Waals surface area contributed by atoms with Crippen LogP contribution in [0.1, 0.15) is 5.56 Å². The van der Waals surface area contributed by atoms with Crippen LogP contribution in [-0.2, 0) is 13.0 Å². The summed E-state index contributed by atoms with van der Waals surface area (Å²) in [6.07, 6.45) is 0.650. The fourth-order valence-corrected chi connectivity index (χ4v) is 5.48. The first-order valence-corrected chi connectivity index (χ1v) is 13.0. The van der Waals surface area contributed by atoms with Gasteiger partial charge in [-0.15, -0.1) is 21.5 Å². The van der Waals surface area contributed by atoms with Crippen LogP contribution >= 0.6 is 34.5 Å². The summed E-state index contributed by atoms with van der Waals surface area (Å²) in [6, 6.07) is 24.8. The highest BCUT2D eigenvalue weighted by molar-refractivity contribution is 7.19. The average molecular weight is 545 g/mol. The molecule has 6 aromatic rings. The van der Waals surface area contributed by atoms with Crippen molar-refractivity contribution in [2.75, 3.05) is 0 Å². The Balaban J connectivity index is 1.49. The maximum Gasteiger partial charge on any atom is 0.261 e. The Labute approximate surface area is 225 Å². The van der Waals surface area contributed by atoms with Gasteiger partial charge in [0.05, 0.1) is 20.1 Å². The zero-order chi connectivity index (χ0) is 25.4. The molecule has 3 heterocycles. The molecule has 0 aliphatic heterocycles. The van der Waals surface area contributed by atoms with Crippen LogP contribution < -0.4 is 5.56 Å². The second kappa shape index (κ2) is 9.89. The normalized spacial score (nSPS) is 11.3. The van der Waals surface area contributed by atoms with Crippen molar-refractivity contribution in [1.82, 2.24) is 30.2 Å². The Hall–Kier alpha value is -3.85. The predicted octanol–water partition coefficient (Wildman–Crippen LogP) is 6.52. The molecule has 1 N–H and O–H groups in total. The lowest BCUT2D eigenvalue weighted by atomic mass is 9.98. The minimum absolute atomic E-state index is 0.114. The van der Waals surface area contributed by atoms with Gasteiger partial charge in [0.15, 0.2) is 5.82 Å². The van der Waals surface area contributed by atoms with Gasteiger partial charge in [0.1, 0.15) is 0 Å². The van der Waals surface area contributed by atoms with Crippen LogP contribution in [0.4, 0.5) is 0 Å². The van der Waals surface area contributed by atoms with E-state index >= 15 is 0 Å². The number of hydrogen-bond acceptors (Lipinski definition) is 6. The van der Waals surface area contributed by atoms with Gasteiger partial charge in [-0.05, 0) is 64.7 Å². The third kappa shape index (κ3) is 4.67. The minimum atomic E-state index is -0.114. The van der Waals surface area contributed by atoms with E-state index in [-0.39, 0.29) is 5.56 Å². The van der Waals surface area contributed by atoms with Crippen LogP contribution in [0.5, 0.6) is 0 Å². The summed E-state index contributed by atoms with van der Waals surface area (Å²) in [5.74, 6) is 1.09. The summed E-state index contributed by atoms with van der Waals surface area (Å²) in [7, 11) is 0. The maximum atomic E-state index is 13.9. The molecule has 3 aromatic carbocycles. The van der Waals surface area contributed by atoms with Crippen LogP contribution in [0.3, 0.4) is 0 Å². The Morgan fingerprint density at radius 1 is 0.919 bits per heavy atom. The fourth-order valence-electron chi connectivity index (χ4n) is 4.32. The monoisotopic (exact) mass is 544 g/mol. The molecule has 0 saturated heterocycles. The number of aromatic amines is 1. The molecule has 0 unspecified atom stereocenters. The summed E-state index contributed by atoms with van der Waals surface area (Å²) in [6.45, 7) is 0.456. The topological polar surface area (TPSA) is 89.3 Å². The van der Waals surface area contributed by atoms with Crippen molar-refractivity contribution in [3.63, 3.8) is 0 Å². The van der Waals surface area contributed by atoms with Gasteiger partial charge in [-0.1, -0.05) is 65.7 Å². The molecule has 3 aromatic heterocycles. The number of rotatable bonds is 6. The lowest BCUT2D eigenvalue weighted by molar-refractivity contribution is 0.672. The molecule has 0 bridgehead atoms. The van der Waals surface area contributed by atoms with Gasteiger partial charge < -0.3 is 0 Å². The molecule has 0 aliphatic carbocycles. The molecule has 0 spiro atoms. The molecule has 37 heavy (non-hydrogen) atoms. The summed E-state index contributed by atoms with van der Waals surface area (Å²) in [4.78, 5) is 19.7. The van der Waals surface area contributed by atoms with Crippen molar-refractivity contribution in [2.45, 2.75) is 13.0 Å². The van der Waals surface area contributed by atoms with Crippen LogP contribution in [0, 0.1) is 0 Å². The molecule has 0 saturated carbocycles. The zero-order valence-electron chi connectivity index (χ0n) is 19.2. The number of aromatic nitrogens is 6. The molecule has 0 fully saturated rings. The van der Waals surface area contributed by atoms with Crippen LogP contribution in [0.25, 0.3) is 44.1 Å². The highest BCUT2D eigenvalue weighted by Gasteiger charge is 2.17. The van der Waals surface area contributed by atoms with E-state index in [4.69, 9.17) is 28.2 Å². The highest BCUT2D eigenvalue weighted by Crippen LogP contribution is 2.33. The van der Waals surface area contributed by atoms with Crippen molar-refractivity contribution in [3.8, 4) is 33.2 Å². The molecule has 0 atom stereocenters. The van der Waals surface area contributed by atoms with Crippen LogP contribution in [0.15, 0.2) is 83.7 Å². The van der Waals surface area contributed by atoms with E-state index in [1.807, 2.05) is 78.9 Å². The Bertz CT molecular complexity index is 1780. The Morgan fingerprint density at radius 3 is 2.46 bits per heavy atom. The second-order valence-corrected chi connectivity index (χ2v) is 10.5. The van der Waals surface area contributed by atoms with E-state index in [0.29, 0.717) is 44.9 Å². The van der Waals surface area contributed by atoms with Crippen molar-refractivity contribution in [3.05, 3.63) is 104 Å². The van der Waals surface area contributed by atoms with Gasteiger partial charge in [0.2, 0.25) is 5.82 Å². The lowest BCUT2D eigenvalue weighted by Crippen LogP contribution is -2.24. The molecule has 182 valence electrons. The molecular formula is C27H18Cl2N6OS. The first-order valence-electron chi connectivity index (χ1n) is 11.4. The van der Waals surface area contributed by atoms with E-state index in [1.54, 1.807) is 4.57 Å². The number of fused-ring (bicyclic) bond motifs is 1. The van der Waals surface area contributed by atoms with Gasteiger partial charge in [-0.25, -0.2) is 4.98 Å². The molecule has 0 aliphatic rings. The second-order valence-electron chi connectivity index (χ2n) is 8.39. The van der Waals surface area contributed by atoms with Crippen molar-refractivity contribution < 1.29 is 0 Å². The number of aryl methyl sites for hydroxylation is 1. The summed E-state index contributed by atoms with van der Waals surface area (Å²) >= 11 is 13.7. The number of benzene rings is 3. The number of H-pyrrole nitrogens is 1. The molecule has 0 amide bonds. The largest absolute Gasteiger partial charge is 0.291 e. The van der Waals surface area contributed by atoms with E-state index < -0.39 is 0 Å². The van der Waals surface area contributed by atoms with Crippen molar-refractivity contribution in [1.29, 1.82) is 0 Å². The Morgan fingerprint density at radius 2 is 1.73 bits per heavy atom. The number of nitrogens with one attached hydrogen (secondary N) is 1. The van der Waals surface area contributed by atoms with Crippen LogP contribution in [0.2, 0.25) is 9.36 Å². The summed E-state index contributed by atoms with van der Waals surface area (Å²) in [5.41, 5.74) is 4.16. The molecule has 0 radical (unpaired) electrons. The fraction of sp³-hybridized carbons (Fsp3) is 0.0741. The van der Waals surface area contributed by atoms with Crippen LogP contribution in [-0.4, -0.2) is 30.2 Å². The van der Waals surface area contributed by atoms with E-state index in [0.717, 1.165) is 27.1 Å². The van der Waals surface area contributed by atoms with Gasteiger partial charge in [-0.3, -0.25) is 9.36 Å². The lowest BCUT2D eigenvalue weighted by Gasteiger charge is -2.14. The number of hydrogen-bond donors (Lipinski definition) is 1. The SMILES string of the molecule is O=c1c2cc(-c3ccccc3-c3nn[nH]n3)ccc2nc(-c2ccc(Cl)s2)n1CCc1ccc(Cl)cc1. The molecule has 7 nitrogen and oxygen atoms in total. The first kappa shape index (κ1) is 23.5. The number of thiophene rings is 1. The Kier molecular flexibility index (Phi) is 6.30. The average Bonchev–Trinajstić information content (AvgIpc) is 3.61. The number of halogens is 2. The van der Waals surface area contributed by atoms with Gasteiger partial charge >= 0.3 is 0 Å². The number of nitrogens with zero attached hydrogens (tertiary/aromatic N) is 5. The van der Waals surface area contributed by atoms with Crippen molar-refractivity contribution in [2.24, 2.45) is 0 Å². The zero-order valence-corrected chi connectivity index (χ0v) is 21.6. The van der Waals surface area contributed by atoms with Gasteiger partial charge in [0, 0.05) is 17.1 Å². The van der Waals surface area contributed by atoms with Gasteiger partial charge in [-0.2, -0.15) is 5.21 Å². The summed E-state index contributed by atoms with van der Waals surface area (Å²) < 4.78 is 2.37. The van der Waals surface area contributed by atoms with E-state index in [1.165, 1.54) is 11.3 Å². The summed E-state index contributed by atoms with van der Waals surface area (Å²) in [5, 5.41) is 15.6. The predicted molar refractivity (Wildman–Crippen MR) is 148 cm³/mol. The quantitative estimate of drug-likeness (QED) is 0.257. The minimum Gasteiger partial charge on any atom is -0.291 e. The van der Waals surface area contributed by atoms with Gasteiger partial charge in [0.25, 0.3) is 5.56 Å². The molecular weight excluding hydrogens is 527 g/mol. The first-order chi connectivity index (χ1) is 18.1. The molecule has 10 heteroatoms. The third-order valence-electron chi connectivity index (χ3n) is 6.11. The highest BCUT2D eigenvalue weighted by atomic mass is 35.5. The van der Waals surface area contributed by atoms with Crippen molar-refractivity contribution >= 4 is 45.4 Å². The molecule has 6 rings (SSSR count). The number of tetrazole rings is 1. The van der Waals surface area contributed by atoms with E-state index in [2.05, 4.69) is 20.6 Å². The standard InChI is InChI=1S/C27H18Cl2N6OS/c28-18-8-5-16(6-9-18)13-14-35-26(23-11-12-24(29)37-23)30-22-10-7-17(15-21(22)27(35)36)19-3-1-2-4-20(19)25-31-33-34-32-25/h1-12,15H,13-14H2,(H,31,32,33,34).